The molecule has 2 aliphatic carbocycles. The van der Waals surface area contributed by atoms with Crippen LogP contribution >= 0.6 is 22.6 Å². The van der Waals surface area contributed by atoms with Crippen LogP contribution in [0, 0.1) is 0 Å². The van der Waals surface area contributed by atoms with Gasteiger partial charge < -0.3 is 5.73 Å². The van der Waals surface area contributed by atoms with Crippen molar-refractivity contribution in [2.75, 3.05) is 5.73 Å². The molecule has 2 aliphatic rings. The maximum absolute atomic E-state index is 6.14. The van der Waals surface area contributed by atoms with Crippen LogP contribution in [-0.2, 0) is 0 Å². The SMILES string of the molecule is C=C1c2cccc(C3=CC=CC(I)C3)c2-c2nc(N)nc(-c3ccccc3)c21. The highest BCUT2D eigenvalue weighted by Gasteiger charge is 2.31. The molecule has 0 fully saturated rings. The first-order valence-electron chi connectivity index (χ1n) is 9.21. The minimum atomic E-state index is 0.289. The molecular formula is C24H18IN3. The molecule has 2 N–H and O–H groups in total. The van der Waals surface area contributed by atoms with Crippen LogP contribution in [0.4, 0.5) is 5.95 Å². The van der Waals surface area contributed by atoms with E-state index in [1.54, 1.807) is 0 Å². The van der Waals surface area contributed by atoms with Crippen LogP contribution in [0.1, 0.15) is 23.1 Å². The van der Waals surface area contributed by atoms with Crippen LogP contribution in [0.5, 0.6) is 0 Å². The third kappa shape index (κ3) is 2.71. The van der Waals surface area contributed by atoms with Gasteiger partial charge in [0.15, 0.2) is 0 Å². The topological polar surface area (TPSA) is 51.8 Å². The lowest BCUT2D eigenvalue weighted by Crippen LogP contribution is -2.03. The van der Waals surface area contributed by atoms with Gasteiger partial charge in [-0.1, -0.05) is 95.9 Å². The highest BCUT2D eigenvalue weighted by atomic mass is 127. The zero-order valence-electron chi connectivity index (χ0n) is 15.2. The van der Waals surface area contributed by atoms with Gasteiger partial charge >= 0.3 is 0 Å². The Balaban J connectivity index is 1.78. The van der Waals surface area contributed by atoms with Gasteiger partial charge in [0.2, 0.25) is 5.95 Å². The van der Waals surface area contributed by atoms with Gasteiger partial charge in [-0.3, -0.25) is 0 Å². The lowest BCUT2D eigenvalue weighted by Gasteiger charge is -2.17. The van der Waals surface area contributed by atoms with Gasteiger partial charge in [-0.25, -0.2) is 9.97 Å². The second-order valence-electron chi connectivity index (χ2n) is 7.02. The number of fused-ring (bicyclic) bond motifs is 3. The third-order valence-electron chi connectivity index (χ3n) is 5.28. The van der Waals surface area contributed by atoms with Gasteiger partial charge in [0.25, 0.3) is 0 Å². The van der Waals surface area contributed by atoms with Gasteiger partial charge in [0.1, 0.15) is 0 Å². The molecule has 28 heavy (non-hydrogen) atoms. The lowest BCUT2D eigenvalue weighted by atomic mass is 9.91. The largest absolute Gasteiger partial charge is 0.368 e. The van der Waals surface area contributed by atoms with Crippen molar-refractivity contribution in [1.82, 2.24) is 9.97 Å². The first-order valence-corrected chi connectivity index (χ1v) is 10.5. The van der Waals surface area contributed by atoms with Crippen molar-refractivity contribution < 1.29 is 0 Å². The molecule has 0 bridgehead atoms. The molecule has 136 valence electrons. The van der Waals surface area contributed by atoms with Crippen molar-refractivity contribution in [3.05, 3.63) is 90.0 Å². The molecule has 1 atom stereocenters. The zero-order chi connectivity index (χ0) is 19.3. The minimum absolute atomic E-state index is 0.289. The van der Waals surface area contributed by atoms with E-state index in [4.69, 9.17) is 5.73 Å². The van der Waals surface area contributed by atoms with Crippen molar-refractivity contribution in [2.24, 2.45) is 0 Å². The fraction of sp³-hybridized carbons (Fsp3) is 0.0833. The van der Waals surface area contributed by atoms with Crippen molar-refractivity contribution >= 4 is 39.7 Å². The predicted molar refractivity (Wildman–Crippen MR) is 125 cm³/mol. The van der Waals surface area contributed by atoms with Gasteiger partial charge in [-0.05, 0) is 28.7 Å². The summed E-state index contributed by atoms with van der Waals surface area (Å²) in [6.45, 7) is 4.40. The Labute approximate surface area is 177 Å². The van der Waals surface area contributed by atoms with Gasteiger partial charge in [-0.2, -0.15) is 0 Å². The molecular weight excluding hydrogens is 457 g/mol. The summed E-state index contributed by atoms with van der Waals surface area (Å²) >= 11 is 2.48. The molecule has 0 saturated heterocycles. The maximum atomic E-state index is 6.14. The number of nitrogen functional groups attached to an aromatic ring is 1. The molecule has 1 heterocycles. The average Bonchev–Trinajstić information content (AvgIpc) is 3.00. The van der Waals surface area contributed by atoms with E-state index in [0.29, 0.717) is 3.92 Å². The van der Waals surface area contributed by atoms with E-state index < -0.39 is 0 Å². The van der Waals surface area contributed by atoms with E-state index in [2.05, 4.69) is 75.6 Å². The van der Waals surface area contributed by atoms with Gasteiger partial charge in [0, 0.05) is 20.6 Å². The van der Waals surface area contributed by atoms with Crippen molar-refractivity contribution in [3.8, 4) is 22.5 Å². The Morgan fingerprint density at radius 2 is 1.68 bits per heavy atom. The summed E-state index contributed by atoms with van der Waals surface area (Å²) < 4.78 is 0.493. The number of halogens is 1. The van der Waals surface area contributed by atoms with Gasteiger partial charge in [0.05, 0.1) is 11.4 Å². The summed E-state index contributed by atoms with van der Waals surface area (Å²) in [6.07, 6.45) is 7.58. The smallest absolute Gasteiger partial charge is 0.221 e. The highest BCUT2D eigenvalue weighted by molar-refractivity contribution is 14.1. The van der Waals surface area contributed by atoms with Gasteiger partial charge in [-0.15, -0.1) is 0 Å². The van der Waals surface area contributed by atoms with Crippen LogP contribution in [0.15, 0.2) is 73.3 Å². The number of nitrogens with two attached hydrogens (primary N) is 1. The summed E-state index contributed by atoms with van der Waals surface area (Å²) in [5, 5.41) is 0. The quantitative estimate of drug-likeness (QED) is 0.290. The van der Waals surface area contributed by atoms with E-state index >= 15 is 0 Å². The number of aromatic nitrogens is 2. The van der Waals surface area contributed by atoms with Crippen LogP contribution in [0.2, 0.25) is 0 Å². The first-order chi connectivity index (χ1) is 13.6. The minimum Gasteiger partial charge on any atom is -0.368 e. The predicted octanol–water partition coefficient (Wildman–Crippen LogP) is 5.91. The number of hydrogen-bond donors (Lipinski definition) is 1. The maximum Gasteiger partial charge on any atom is 0.221 e. The van der Waals surface area contributed by atoms with E-state index in [-0.39, 0.29) is 5.95 Å². The molecule has 0 saturated carbocycles. The fourth-order valence-corrected chi connectivity index (χ4v) is 4.76. The molecule has 4 heteroatoms. The first kappa shape index (κ1) is 17.4. The van der Waals surface area contributed by atoms with Crippen molar-refractivity contribution in [2.45, 2.75) is 10.3 Å². The highest BCUT2D eigenvalue weighted by Crippen LogP contribution is 2.49. The number of benzene rings is 2. The third-order valence-corrected chi connectivity index (χ3v) is 6.14. The average molecular weight is 475 g/mol. The molecule has 0 aliphatic heterocycles. The number of alkyl halides is 1. The van der Waals surface area contributed by atoms with Crippen LogP contribution < -0.4 is 5.73 Å². The summed E-state index contributed by atoms with van der Waals surface area (Å²) in [4.78, 5) is 9.25. The molecule has 3 aromatic rings. The molecule has 2 aromatic carbocycles. The van der Waals surface area contributed by atoms with Crippen molar-refractivity contribution in [1.29, 1.82) is 0 Å². The van der Waals surface area contributed by atoms with E-state index in [0.717, 1.165) is 45.6 Å². The Bertz CT molecular complexity index is 1180. The number of hydrogen-bond acceptors (Lipinski definition) is 3. The normalized spacial score (nSPS) is 17.2. The molecule has 0 spiro atoms. The Hall–Kier alpha value is -2.73. The van der Waals surface area contributed by atoms with E-state index in [1.807, 2.05) is 30.3 Å². The molecule has 0 amide bonds. The standard InChI is InChI=1S/C24H18IN3/c1-14-18-11-6-12-19(16-9-5-10-17(25)13-16)21(18)23-20(14)22(27-24(26)28-23)15-7-3-2-4-8-15/h2-12,17H,1,13H2,(H2,26,27,28). The second-order valence-corrected chi connectivity index (χ2v) is 8.62. The van der Waals surface area contributed by atoms with E-state index in [9.17, 15) is 0 Å². The lowest BCUT2D eigenvalue weighted by molar-refractivity contribution is 1.11. The molecule has 1 unspecified atom stereocenters. The molecule has 5 rings (SSSR count). The van der Waals surface area contributed by atoms with Crippen LogP contribution in [-0.4, -0.2) is 13.9 Å². The van der Waals surface area contributed by atoms with E-state index in [1.165, 1.54) is 11.1 Å². The zero-order valence-corrected chi connectivity index (χ0v) is 17.3. The number of anilines is 1. The fourth-order valence-electron chi connectivity index (χ4n) is 4.05. The Morgan fingerprint density at radius 3 is 2.46 bits per heavy atom. The summed E-state index contributed by atoms with van der Waals surface area (Å²) in [7, 11) is 0. The van der Waals surface area contributed by atoms with Crippen molar-refractivity contribution in [3.63, 3.8) is 0 Å². The number of allylic oxidation sites excluding steroid dienone is 4. The number of rotatable bonds is 2. The second kappa shape index (κ2) is 6.71. The molecule has 1 aromatic heterocycles. The summed E-state index contributed by atoms with van der Waals surface area (Å²) in [6, 6.07) is 16.5. The van der Waals surface area contributed by atoms with Crippen LogP contribution in [0.25, 0.3) is 33.7 Å². The Morgan fingerprint density at radius 1 is 0.929 bits per heavy atom. The monoisotopic (exact) mass is 475 g/mol. The molecule has 3 nitrogen and oxygen atoms in total. The number of nitrogens with zero attached hydrogens (tertiary/aromatic N) is 2. The summed E-state index contributed by atoms with van der Waals surface area (Å²) in [5.41, 5.74) is 15.6. The Kier molecular flexibility index (Phi) is 4.16. The summed E-state index contributed by atoms with van der Waals surface area (Å²) in [5.74, 6) is 0.289. The van der Waals surface area contributed by atoms with Crippen LogP contribution in [0.3, 0.4) is 0 Å². The molecule has 0 radical (unpaired) electrons.